The number of hydrogen-bond acceptors (Lipinski definition) is 4. The predicted octanol–water partition coefficient (Wildman–Crippen LogP) is 3.22. The Morgan fingerprint density at radius 2 is 1.96 bits per heavy atom. The van der Waals surface area contributed by atoms with E-state index in [-0.39, 0.29) is 12.4 Å². The van der Waals surface area contributed by atoms with E-state index in [2.05, 4.69) is 0 Å². The third-order valence-corrected chi connectivity index (χ3v) is 3.77. The molecular weight excluding hydrogens is 331 g/mol. The minimum Gasteiger partial charge on any atom is -0.389 e. The van der Waals surface area contributed by atoms with Crippen LogP contribution in [0.1, 0.15) is 12.5 Å². The Morgan fingerprint density at radius 3 is 2.62 bits per heavy atom. The Balaban J connectivity index is 1.98. The summed E-state index contributed by atoms with van der Waals surface area (Å²) >= 11 is 5.93. The van der Waals surface area contributed by atoms with E-state index in [9.17, 15) is 9.50 Å². The maximum atomic E-state index is 13.9. The van der Waals surface area contributed by atoms with E-state index in [0.717, 1.165) is 11.1 Å². The molecule has 0 amide bonds. The molecule has 0 aromatic heterocycles. The molecule has 6 heteroatoms. The summed E-state index contributed by atoms with van der Waals surface area (Å²) < 4.78 is 19.0. The summed E-state index contributed by atoms with van der Waals surface area (Å²) in [6.45, 7) is 3.48. The van der Waals surface area contributed by atoms with Crippen molar-refractivity contribution in [2.75, 3.05) is 19.8 Å². The molecule has 4 nitrogen and oxygen atoms in total. The molecule has 3 N–H and O–H groups in total. The molecule has 130 valence electrons. The Morgan fingerprint density at radius 1 is 1.25 bits per heavy atom. The van der Waals surface area contributed by atoms with Crippen LogP contribution in [0, 0.1) is 5.82 Å². The number of nitrogens with two attached hydrogens (primary N) is 1. The number of benzene rings is 2. The van der Waals surface area contributed by atoms with Crippen molar-refractivity contribution in [1.29, 1.82) is 0 Å². The van der Waals surface area contributed by atoms with Gasteiger partial charge in [-0.2, -0.15) is 0 Å². The minimum absolute atomic E-state index is 0.261. The summed E-state index contributed by atoms with van der Waals surface area (Å²) in [5.74, 6) is 5.60. The zero-order valence-corrected chi connectivity index (χ0v) is 14.3. The van der Waals surface area contributed by atoms with Crippen LogP contribution >= 0.6 is 11.6 Å². The number of aliphatic hydroxyl groups excluding tert-OH is 1. The van der Waals surface area contributed by atoms with Gasteiger partial charge in [-0.05, 0) is 36.2 Å². The first-order valence-corrected chi connectivity index (χ1v) is 8.17. The predicted molar refractivity (Wildman–Crippen MR) is 93.9 cm³/mol. The van der Waals surface area contributed by atoms with E-state index in [0.29, 0.717) is 30.3 Å². The van der Waals surface area contributed by atoms with Gasteiger partial charge in [-0.3, -0.25) is 5.84 Å². The van der Waals surface area contributed by atoms with Crippen molar-refractivity contribution in [3.63, 3.8) is 0 Å². The molecular formula is C18H22ClFN2O2. The molecule has 0 heterocycles. The van der Waals surface area contributed by atoms with Gasteiger partial charge in [0.15, 0.2) is 0 Å². The number of aliphatic hydroxyl groups is 1. The lowest BCUT2D eigenvalue weighted by molar-refractivity contribution is 0.0195. The van der Waals surface area contributed by atoms with E-state index in [4.69, 9.17) is 22.2 Å². The maximum absolute atomic E-state index is 13.9. The molecule has 1 atom stereocenters. The average molecular weight is 353 g/mol. The standard InChI is InChI=1S/C18H22ClFN2O2/c1-2-24-12-16(23)11-22(21)10-13-3-5-14(6-4-13)17-9-15(19)7-8-18(17)20/h3-9,16,23H,2,10-12,21H2,1H3. The monoisotopic (exact) mass is 352 g/mol. The molecule has 0 saturated heterocycles. The Bertz CT molecular complexity index is 652. The van der Waals surface area contributed by atoms with Gasteiger partial charge in [0.2, 0.25) is 0 Å². The van der Waals surface area contributed by atoms with Crippen LogP contribution < -0.4 is 5.84 Å². The molecule has 0 fully saturated rings. The van der Waals surface area contributed by atoms with Gasteiger partial charge >= 0.3 is 0 Å². The zero-order valence-electron chi connectivity index (χ0n) is 13.6. The number of ether oxygens (including phenoxy) is 1. The second kappa shape index (κ2) is 9.11. The minimum atomic E-state index is -0.630. The van der Waals surface area contributed by atoms with Crippen LogP contribution in [0.3, 0.4) is 0 Å². The summed E-state index contributed by atoms with van der Waals surface area (Å²) in [6.07, 6.45) is -0.630. The van der Waals surface area contributed by atoms with Gasteiger partial charge in [-0.1, -0.05) is 35.9 Å². The molecule has 0 radical (unpaired) electrons. The summed E-state index contributed by atoms with van der Waals surface area (Å²) in [7, 11) is 0. The second-order valence-corrected chi connectivity index (χ2v) is 6.00. The first-order valence-electron chi connectivity index (χ1n) is 7.79. The molecule has 2 rings (SSSR count). The lowest BCUT2D eigenvalue weighted by Gasteiger charge is -2.20. The molecule has 0 bridgehead atoms. The molecule has 0 aliphatic carbocycles. The van der Waals surface area contributed by atoms with Crippen molar-refractivity contribution in [1.82, 2.24) is 5.01 Å². The fourth-order valence-electron chi connectivity index (χ4n) is 2.38. The smallest absolute Gasteiger partial charge is 0.131 e. The van der Waals surface area contributed by atoms with Crippen molar-refractivity contribution in [3.8, 4) is 11.1 Å². The van der Waals surface area contributed by atoms with E-state index in [1.165, 1.54) is 17.1 Å². The van der Waals surface area contributed by atoms with E-state index < -0.39 is 6.10 Å². The average Bonchev–Trinajstić information content (AvgIpc) is 2.56. The van der Waals surface area contributed by atoms with Crippen LogP contribution in [0.25, 0.3) is 11.1 Å². The number of rotatable bonds is 8. The first-order chi connectivity index (χ1) is 11.5. The summed E-state index contributed by atoms with van der Waals surface area (Å²) in [6, 6.07) is 11.9. The fraction of sp³-hybridized carbons (Fsp3) is 0.333. The van der Waals surface area contributed by atoms with Crippen LogP contribution in [0.5, 0.6) is 0 Å². The summed E-state index contributed by atoms with van der Waals surface area (Å²) in [4.78, 5) is 0. The van der Waals surface area contributed by atoms with Gasteiger partial charge in [0.1, 0.15) is 5.82 Å². The van der Waals surface area contributed by atoms with Crippen molar-refractivity contribution in [2.24, 2.45) is 5.84 Å². The third kappa shape index (κ3) is 5.54. The highest BCUT2D eigenvalue weighted by molar-refractivity contribution is 6.30. The van der Waals surface area contributed by atoms with E-state index >= 15 is 0 Å². The van der Waals surface area contributed by atoms with Gasteiger partial charge in [0.05, 0.1) is 12.7 Å². The Kier molecular flexibility index (Phi) is 7.15. The summed E-state index contributed by atoms with van der Waals surface area (Å²) in [5.41, 5.74) is 2.18. The highest BCUT2D eigenvalue weighted by Gasteiger charge is 2.10. The van der Waals surface area contributed by atoms with Crippen LogP contribution in [-0.4, -0.2) is 36.0 Å². The molecule has 1 unspecified atom stereocenters. The SMILES string of the molecule is CCOCC(O)CN(N)Cc1ccc(-c2cc(Cl)ccc2F)cc1. The lowest BCUT2D eigenvalue weighted by atomic mass is 10.0. The molecule has 0 saturated carbocycles. The molecule has 2 aromatic carbocycles. The quantitative estimate of drug-likeness (QED) is 0.565. The van der Waals surface area contributed by atoms with Crippen LogP contribution in [0.2, 0.25) is 5.02 Å². The molecule has 0 spiro atoms. The number of hydrogen-bond donors (Lipinski definition) is 2. The van der Waals surface area contributed by atoms with Crippen molar-refractivity contribution in [2.45, 2.75) is 19.6 Å². The van der Waals surface area contributed by atoms with Crippen molar-refractivity contribution < 1.29 is 14.2 Å². The topological polar surface area (TPSA) is 58.7 Å². The Hall–Kier alpha value is -1.50. The third-order valence-electron chi connectivity index (χ3n) is 3.54. The van der Waals surface area contributed by atoms with Gasteiger partial charge in [-0.15, -0.1) is 0 Å². The number of halogens is 2. The number of nitrogens with zero attached hydrogens (tertiary/aromatic N) is 1. The normalized spacial score (nSPS) is 12.6. The molecule has 0 aliphatic rings. The molecule has 0 aliphatic heterocycles. The zero-order chi connectivity index (χ0) is 17.5. The van der Waals surface area contributed by atoms with E-state index in [1.54, 1.807) is 6.07 Å². The van der Waals surface area contributed by atoms with E-state index in [1.807, 2.05) is 31.2 Å². The van der Waals surface area contributed by atoms with Crippen LogP contribution in [0.4, 0.5) is 4.39 Å². The summed E-state index contributed by atoms with van der Waals surface area (Å²) in [5, 5.41) is 11.8. The first kappa shape index (κ1) is 18.8. The molecule has 2 aromatic rings. The second-order valence-electron chi connectivity index (χ2n) is 5.56. The molecule has 24 heavy (non-hydrogen) atoms. The largest absolute Gasteiger partial charge is 0.389 e. The van der Waals surface area contributed by atoms with Gasteiger partial charge in [-0.25, -0.2) is 9.40 Å². The highest BCUT2D eigenvalue weighted by Crippen LogP contribution is 2.26. The van der Waals surface area contributed by atoms with Crippen molar-refractivity contribution in [3.05, 3.63) is 58.9 Å². The van der Waals surface area contributed by atoms with Crippen LogP contribution in [0.15, 0.2) is 42.5 Å². The van der Waals surface area contributed by atoms with Gasteiger partial charge in [0, 0.05) is 30.3 Å². The Labute approximate surface area is 146 Å². The van der Waals surface area contributed by atoms with Crippen molar-refractivity contribution >= 4 is 11.6 Å². The van der Waals surface area contributed by atoms with Crippen LogP contribution in [-0.2, 0) is 11.3 Å². The van der Waals surface area contributed by atoms with Gasteiger partial charge in [0.25, 0.3) is 0 Å². The maximum Gasteiger partial charge on any atom is 0.131 e. The van der Waals surface area contributed by atoms with Gasteiger partial charge < -0.3 is 9.84 Å². The number of hydrazine groups is 1. The highest BCUT2D eigenvalue weighted by atomic mass is 35.5. The lowest BCUT2D eigenvalue weighted by Crippen LogP contribution is -2.39. The fourth-order valence-corrected chi connectivity index (χ4v) is 2.56.